The van der Waals surface area contributed by atoms with Gasteiger partial charge >= 0.3 is 0 Å². The van der Waals surface area contributed by atoms with Crippen molar-refractivity contribution in [2.75, 3.05) is 31.9 Å². The molecule has 1 aliphatic rings. The summed E-state index contributed by atoms with van der Waals surface area (Å²) in [5.74, 6) is 1.24. The van der Waals surface area contributed by atoms with Crippen molar-refractivity contribution in [3.05, 3.63) is 70.0 Å². The second-order valence-electron chi connectivity index (χ2n) is 6.98. The standard InChI is InChI=1S/C20H22N6O2/c21-20-16-6-2-3-7-17(16)22-19(23-20)14-25-11-9-24(10-12-25)13-15-5-1-4-8-18(15)26(27)28/h1-8H,9-14H2,(H2,21,22,23). The number of fused-ring (bicyclic) bond motifs is 1. The van der Waals surface area contributed by atoms with E-state index in [1.807, 2.05) is 36.4 Å². The number of para-hydroxylation sites is 2. The van der Waals surface area contributed by atoms with Gasteiger partial charge in [0, 0.05) is 49.7 Å². The number of hydrogen-bond donors (Lipinski definition) is 1. The van der Waals surface area contributed by atoms with Crippen molar-refractivity contribution < 1.29 is 4.92 Å². The van der Waals surface area contributed by atoms with Crippen LogP contribution in [0.1, 0.15) is 11.4 Å². The summed E-state index contributed by atoms with van der Waals surface area (Å²) in [6.45, 7) is 4.64. The highest BCUT2D eigenvalue weighted by Gasteiger charge is 2.21. The Morgan fingerprint density at radius 3 is 2.32 bits per heavy atom. The van der Waals surface area contributed by atoms with E-state index < -0.39 is 0 Å². The van der Waals surface area contributed by atoms with E-state index in [-0.39, 0.29) is 10.6 Å². The molecule has 1 aliphatic heterocycles. The fraction of sp³-hybridized carbons (Fsp3) is 0.300. The van der Waals surface area contributed by atoms with Gasteiger partial charge in [0.2, 0.25) is 0 Å². The molecule has 0 unspecified atom stereocenters. The molecular formula is C20H22N6O2. The first-order chi connectivity index (χ1) is 13.6. The Hall–Kier alpha value is -3.10. The molecule has 2 aromatic carbocycles. The summed E-state index contributed by atoms with van der Waals surface area (Å²) in [5.41, 5.74) is 7.88. The largest absolute Gasteiger partial charge is 0.383 e. The van der Waals surface area contributed by atoms with Crippen molar-refractivity contribution in [1.82, 2.24) is 19.8 Å². The normalized spacial score (nSPS) is 15.7. The smallest absolute Gasteiger partial charge is 0.273 e. The third-order valence-corrected chi connectivity index (χ3v) is 5.09. The van der Waals surface area contributed by atoms with E-state index in [0.717, 1.165) is 48.5 Å². The maximum Gasteiger partial charge on any atom is 0.273 e. The number of nitro benzene ring substituents is 1. The SMILES string of the molecule is Nc1nc(CN2CCN(Cc3ccccc3[N+](=O)[O-])CC2)nc2ccccc12. The number of benzene rings is 2. The summed E-state index contributed by atoms with van der Waals surface area (Å²) in [6, 6.07) is 14.7. The van der Waals surface area contributed by atoms with Gasteiger partial charge in [0.05, 0.1) is 17.0 Å². The number of anilines is 1. The van der Waals surface area contributed by atoms with Crippen LogP contribution in [0.2, 0.25) is 0 Å². The molecule has 2 heterocycles. The molecule has 1 saturated heterocycles. The lowest BCUT2D eigenvalue weighted by molar-refractivity contribution is -0.385. The lowest BCUT2D eigenvalue weighted by Crippen LogP contribution is -2.45. The number of nitrogen functional groups attached to an aromatic ring is 1. The Kier molecular flexibility index (Phi) is 5.14. The van der Waals surface area contributed by atoms with Crippen LogP contribution < -0.4 is 5.73 Å². The zero-order valence-corrected chi connectivity index (χ0v) is 15.5. The quantitative estimate of drug-likeness (QED) is 0.537. The van der Waals surface area contributed by atoms with E-state index in [9.17, 15) is 10.1 Å². The van der Waals surface area contributed by atoms with E-state index in [2.05, 4.69) is 19.8 Å². The third kappa shape index (κ3) is 3.92. The average molecular weight is 378 g/mol. The van der Waals surface area contributed by atoms with Crippen molar-refractivity contribution in [3.63, 3.8) is 0 Å². The fourth-order valence-electron chi connectivity index (χ4n) is 3.59. The number of aromatic nitrogens is 2. The van der Waals surface area contributed by atoms with Gasteiger partial charge in [-0.2, -0.15) is 0 Å². The molecule has 8 heteroatoms. The number of hydrogen-bond acceptors (Lipinski definition) is 7. The van der Waals surface area contributed by atoms with Crippen LogP contribution in [0.25, 0.3) is 10.9 Å². The first-order valence-corrected chi connectivity index (χ1v) is 9.28. The summed E-state index contributed by atoms with van der Waals surface area (Å²) >= 11 is 0. The Labute approximate surface area is 162 Å². The van der Waals surface area contributed by atoms with E-state index in [0.29, 0.717) is 18.9 Å². The molecule has 0 spiro atoms. The molecule has 0 aliphatic carbocycles. The van der Waals surface area contributed by atoms with E-state index >= 15 is 0 Å². The first-order valence-electron chi connectivity index (χ1n) is 9.28. The molecule has 0 radical (unpaired) electrons. The van der Waals surface area contributed by atoms with Gasteiger partial charge in [-0.25, -0.2) is 9.97 Å². The lowest BCUT2D eigenvalue weighted by atomic mass is 10.1. The van der Waals surface area contributed by atoms with Gasteiger partial charge in [-0.15, -0.1) is 0 Å². The number of rotatable bonds is 5. The second-order valence-corrected chi connectivity index (χ2v) is 6.98. The molecule has 0 atom stereocenters. The van der Waals surface area contributed by atoms with Crippen LogP contribution in [-0.2, 0) is 13.1 Å². The maximum absolute atomic E-state index is 11.2. The van der Waals surface area contributed by atoms with Gasteiger partial charge in [-0.3, -0.25) is 19.9 Å². The summed E-state index contributed by atoms with van der Waals surface area (Å²) in [7, 11) is 0. The lowest BCUT2D eigenvalue weighted by Gasteiger charge is -2.34. The minimum Gasteiger partial charge on any atom is -0.383 e. The van der Waals surface area contributed by atoms with Gasteiger partial charge in [-0.1, -0.05) is 30.3 Å². The minimum atomic E-state index is -0.312. The van der Waals surface area contributed by atoms with Gasteiger partial charge < -0.3 is 5.73 Å². The molecule has 28 heavy (non-hydrogen) atoms. The Balaban J connectivity index is 1.38. The summed E-state index contributed by atoms with van der Waals surface area (Å²) in [4.78, 5) is 24.5. The molecular weight excluding hydrogens is 356 g/mol. The zero-order valence-electron chi connectivity index (χ0n) is 15.5. The number of nitro groups is 1. The predicted molar refractivity (Wildman–Crippen MR) is 108 cm³/mol. The van der Waals surface area contributed by atoms with Crippen molar-refractivity contribution in [3.8, 4) is 0 Å². The second kappa shape index (κ2) is 7.87. The summed E-state index contributed by atoms with van der Waals surface area (Å²) < 4.78 is 0. The molecule has 0 bridgehead atoms. The third-order valence-electron chi connectivity index (χ3n) is 5.09. The van der Waals surface area contributed by atoms with E-state index in [4.69, 9.17) is 5.73 Å². The van der Waals surface area contributed by atoms with Gasteiger partial charge in [0.15, 0.2) is 0 Å². The van der Waals surface area contributed by atoms with Crippen molar-refractivity contribution in [2.24, 2.45) is 0 Å². The van der Waals surface area contributed by atoms with Crippen molar-refractivity contribution in [1.29, 1.82) is 0 Å². The number of piperazine rings is 1. The van der Waals surface area contributed by atoms with Crippen LogP contribution in [0.5, 0.6) is 0 Å². The molecule has 2 N–H and O–H groups in total. The van der Waals surface area contributed by atoms with E-state index in [1.54, 1.807) is 12.1 Å². The van der Waals surface area contributed by atoms with Crippen LogP contribution in [0.15, 0.2) is 48.5 Å². The molecule has 144 valence electrons. The molecule has 4 rings (SSSR count). The van der Waals surface area contributed by atoms with E-state index in [1.165, 1.54) is 0 Å². The molecule has 1 aromatic heterocycles. The Morgan fingerprint density at radius 2 is 1.57 bits per heavy atom. The van der Waals surface area contributed by atoms with Gasteiger partial charge in [0.25, 0.3) is 5.69 Å². The van der Waals surface area contributed by atoms with Crippen molar-refractivity contribution >= 4 is 22.4 Å². The fourth-order valence-corrected chi connectivity index (χ4v) is 3.59. The monoisotopic (exact) mass is 378 g/mol. The maximum atomic E-state index is 11.2. The first kappa shape index (κ1) is 18.3. The van der Waals surface area contributed by atoms with Crippen molar-refractivity contribution in [2.45, 2.75) is 13.1 Å². The summed E-state index contributed by atoms with van der Waals surface area (Å²) in [6.07, 6.45) is 0. The van der Waals surface area contributed by atoms with Crippen LogP contribution in [-0.4, -0.2) is 50.9 Å². The molecule has 3 aromatic rings. The van der Waals surface area contributed by atoms with Gasteiger partial charge in [0.1, 0.15) is 11.6 Å². The van der Waals surface area contributed by atoms with Crippen LogP contribution in [0.3, 0.4) is 0 Å². The predicted octanol–water partition coefficient (Wildman–Crippen LogP) is 2.44. The van der Waals surface area contributed by atoms with Gasteiger partial charge in [-0.05, 0) is 12.1 Å². The molecule has 0 amide bonds. The summed E-state index contributed by atoms with van der Waals surface area (Å²) in [5, 5.41) is 12.1. The highest BCUT2D eigenvalue weighted by molar-refractivity contribution is 5.87. The van der Waals surface area contributed by atoms with Crippen LogP contribution >= 0.6 is 0 Å². The topological polar surface area (TPSA) is 101 Å². The molecule has 0 saturated carbocycles. The van der Waals surface area contributed by atoms with Crippen LogP contribution in [0.4, 0.5) is 11.5 Å². The Morgan fingerprint density at radius 1 is 0.929 bits per heavy atom. The number of nitrogens with two attached hydrogens (primary N) is 1. The van der Waals surface area contributed by atoms with Crippen LogP contribution in [0, 0.1) is 10.1 Å². The molecule has 1 fully saturated rings. The average Bonchev–Trinajstić information content (AvgIpc) is 2.70. The highest BCUT2D eigenvalue weighted by atomic mass is 16.6. The molecule has 8 nitrogen and oxygen atoms in total. The number of nitrogens with zero attached hydrogens (tertiary/aromatic N) is 5. The highest BCUT2D eigenvalue weighted by Crippen LogP contribution is 2.21. The zero-order chi connectivity index (χ0) is 19.5. The minimum absolute atomic E-state index is 0.185. The Bertz CT molecular complexity index is 1000.